The van der Waals surface area contributed by atoms with Crippen LogP contribution in [0.25, 0.3) is 22.6 Å². The van der Waals surface area contributed by atoms with Crippen LogP contribution >= 0.6 is 0 Å². The van der Waals surface area contributed by atoms with Crippen LogP contribution in [0.5, 0.6) is 5.88 Å². The molecule has 192 valence electrons. The highest BCUT2D eigenvalue weighted by Crippen LogP contribution is 2.29. The number of anilines is 2. The van der Waals surface area contributed by atoms with Gasteiger partial charge >= 0.3 is 5.97 Å². The zero-order chi connectivity index (χ0) is 25.9. The summed E-state index contributed by atoms with van der Waals surface area (Å²) < 4.78 is 12.7. The number of rotatable bonds is 7. The summed E-state index contributed by atoms with van der Waals surface area (Å²) in [5.74, 6) is 7.16. The van der Waals surface area contributed by atoms with E-state index in [0.29, 0.717) is 61.7 Å². The summed E-state index contributed by atoms with van der Waals surface area (Å²) in [5, 5.41) is 0. The number of ether oxygens (including phenoxy) is 2. The van der Waals surface area contributed by atoms with Gasteiger partial charge < -0.3 is 28.7 Å². The molecule has 1 saturated heterocycles. The molecule has 14 heteroatoms. The summed E-state index contributed by atoms with van der Waals surface area (Å²) in [7, 11) is 5.31. The molecule has 4 aromatic rings. The van der Waals surface area contributed by atoms with Gasteiger partial charge in [0, 0.05) is 57.4 Å². The average molecular weight is 507 g/mol. The van der Waals surface area contributed by atoms with E-state index in [0.717, 1.165) is 17.2 Å². The van der Waals surface area contributed by atoms with Crippen LogP contribution in [0.4, 0.5) is 11.8 Å². The first-order valence-electron chi connectivity index (χ1n) is 11.5. The summed E-state index contributed by atoms with van der Waals surface area (Å²) >= 11 is 0. The van der Waals surface area contributed by atoms with E-state index in [1.165, 1.54) is 12.4 Å². The Morgan fingerprint density at radius 2 is 1.86 bits per heavy atom. The molecule has 37 heavy (non-hydrogen) atoms. The molecule has 1 aliphatic rings. The van der Waals surface area contributed by atoms with E-state index in [4.69, 9.17) is 30.3 Å². The third-order valence-corrected chi connectivity index (χ3v) is 6.01. The molecule has 0 unspecified atom stereocenters. The first kappa shape index (κ1) is 24.3. The number of pyridine rings is 1. The quantitative estimate of drug-likeness (QED) is 0.350. The molecule has 0 spiro atoms. The molecule has 0 amide bonds. The molecule has 0 aliphatic carbocycles. The number of hydrogen-bond acceptors (Lipinski definition) is 13. The fourth-order valence-corrected chi connectivity index (χ4v) is 3.97. The fraction of sp³-hybridized carbons (Fsp3) is 0.348. The Morgan fingerprint density at radius 3 is 2.51 bits per heavy atom. The van der Waals surface area contributed by atoms with Crippen LogP contribution in [-0.2, 0) is 23.2 Å². The molecule has 5 heterocycles. The number of nitrogens with two attached hydrogens (primary N) is 1. The van der Waals surface area contributed by atoms with Crippen LogP contribution in [0.2, 0.25) is 0 Å². The highest BCUT2D eigenvalue weighted by Gasteiger charge is 2.23. The lowest BCUT2D eigenvalue weighted by molar-refractivity contribution is 0.0502. The molecule has 1 aliphatic heterocycles. The Hall–Kier alpha value is -4.43. The molecule has 2 N–H and O–H groups in total. The highest BCUT2D eigenvalue weighted by atomic mass is 16.7. The first-order valence-corrected chi connectivity index (χ1v) is 11.5. The molecule has 1 fully saturated rings. The highest BCUT2D eigenvalue weighted by molar-refractivity contribution is 5.88. The fourth-order valence-electron chi connectivity index (χ4n) is 3.97. The van der Waals surface area contributed by atoms with Gasteiger partial charge in [-0.05, 0) is 6.07 Å². The van der Waals surface area contributed by atoms with Crippen molar-refractivity contribution in [2.24, 2.45) is 12.9 Å². The molecule has 0 bridgehead atoms. The summed E-state index contributed by atoms with van der Waals surface area (Å²) in [6.45, 7) is 3.00. The maximum Gasteiger partial charge on any atom is 0.359 e. The number of aryl methyl sites for hydroxylation is 1. The summed E-state index contributed by atoms with van der Waals surface area (Å²) in [6.07, 6.45) is 4.41. The van der Waals surface area contributed by atoms with Crippen molar-refractivity contribution in [3.8, 4) is 17.3 Å². The zero-order valence-corrected chi connectivity index (χ0v) is 20.7. The Labute approximate surface area is 212 Å². The number of morpholine rings is 1. The average Bonchev–Trinajstić information content (AvgIpc) is 3.27. The van der Waals surface area contributed by atoms with Crippen molar-refractivity contribution in [2.45, 2.75) is 6.54 Å². The van der Waals surface area contributed by atoms with E-state index >= 15 is 0 Å². The Morgan fingerprint density at radius 1 is 1.11 bits per heavy atom. The summed E-state index contributed by atoms with van der Waals surface area (Å²) in [4.78, 5) is 47.2. The van der Waals surface area contributed by atoms with Crippen molar-refractivity contribution >= 4 is 28.9 Å². The molecule has 4 aromatic heterocycles. The van der Waals surface area contributed by atoms with Gasteiger partial charge in [0.25, 0.3) is 0 Å². The number of carbonyl (C=O) groups is 1. The minimum atomic E-state index is -0.707. The van der Waals surface area contributed by atoms with E-state index < -0.39 is 5.97 Å². The predicted octanol–water partition coefficient (Wildman–Crippen LogP) is 0.727. The third kappa shape index (κ3) is 4.83. The maximum atomic E-state index is 11.6. The number of aromatic nitrogens is 7. The van der Waals surface area contributed by atoms with E-state index in [9.17, 15) is 4.79 Å². The zero-order valence-electron chi connectivity index (χ0n) is 20.7. The van der Waals surface area contributed by atoms with Gasteiger partial charge in [-0.2, -0.15) is 5.90 Å². The lowest BCUT2D eigenvalue weighted by Gasteiger charge is -2.28. The van der Waals surface area contributed by atoms with Crippen molar-refractivity contribution in [2.75, 3.05) is 50.3 Å². The molecule has 0 atom stereocenters. The second-order valence-corrected chi connectivity index (χ2v) is 8.35. The monoisotopic (exact) mass is 506 g/mol. The van der Waals surface area contributed by atoms with Gasteiger partial charge in [-0.3, -0.25) is 0 Å². The van der Waals surface area contributed by atoms with Gasteiger partial charge in [-0.25, -0.2) is 34.7 Å². The molecule has 5 rings (SSSR count). The van der Waals surface area contributed by atoms with Gasteiger partial charge in [0.1, 0.15) is 5.82 Å². The van der Waals surface area contributed by atoms with Gasteiger partial charge in [-0.15, -0.1) is 0 Å². The Kier molecular flexibility index (Phi) is 6.74. The minimum absolute atomic E-state index is 0.161. The third-order valence-electron chi connectivity index (χ3n) is 6.01. The number of nitrogens with zero attached hydrogens (tertiary/aromatic N) is 9. The molecule has 0 aromatic carbocycles. The lowest BCUT2D eigenvalue weighted by atomic mass is 10.2. The minimum Gasteiger partial charge on any atom is -0.481 e. The maximum absolute atomic E-state index is 11.6. The largest absolute Gasteiger partial charge is 0.481 e. The molecular weight excluding hydrogens is 480 g/mol. The van der Waals surface area contributed by atoms with Crippen LogP contribution in [0, 0.1) is 0 Å². The van der Waals surface area contributed by atoms with Crippen LogP contribution < -0.4 is 20.4 Å². The predicted molar refractivity (Wildman–Crippen MR) is 133 cm³/mol. The van der Waals surface area contributed by atoms with Crippen molar-refractivity contribution < 1.29 is 19.1 Å². The van der Waals surface area contributed by atoms with Crippen molar-refractivity contribution in [3.05, 3.63) is 42.1 Å². The topological polar surface area (TPSA) is 160 Å². The van der Waals surface area contributed by atoms with E-state index in [2.05, 4.69) is 24.7 Å². The second kappa shape index (κ2) is 10.3. The lowest BCUT2D eigenvalue weighted by Crippen LogP contribution is -2.37. The SMILES string of the molecule is COc1ccc(-c2nc(N3CCOCC3)c3nc(CN(C)c4ncc(C(=O)ON)cn4)n(C)c3n2)cn1. The van der Waals surface area contributed by atoms with Crippen LogP contribution in [0.1, 0.15) is 16.2 Å². The molecular formula is C23H26N10O4. The number of methoxy groups -OCH3 is 1. The van der Waals surface area contributed by atoms with E-state index in [1.54, 1.807) is 19.4 Å². The molecule has 0 saturated carbocycles. The second-order valence-electron chi connectivity index (χ2n) is 8.35. The smallest absolute Gasteiger partial charge is 0.359 e. The molecule has 14 nitrogen and oxygen atoms in total. The number of fused-ring (bicyclic) bond motifs is 1. The van der Waals surface area contributed by atoms with Crippen LogP contribution in [0.3, 0.4) is 0 Å². The number of carbonyl (C=O) groups excluding carboxylic acids is 1. The van der Waals surface area contributed by atoms with Gasteiger partial charge in [0.2, 0.25) is 11.8 Å². The van der Waals surface area contributed by atoms with Gasteiger partial charge in [-0.1, -0.05) is 0 Å². The van der Waals surface area contributed by atoms with Crippen molar-refractivity contribution in [3.63, 3.8) is 0 Å². The van der Waals surface area contributed by atoms with Crippen LogP contribution in [-0.4, -0.2) is 80.9 Å². The molecule has 0 radical (unpaired) electrons. The van der Waals surface area contributed by atoms with Gasteiger partial charge in [0.15, 0.2) is 22.8 Å². The van der Waals surface area contributed by atoms with E-state index in [-0.39, 0.29) is 5.56 Å². The normalized spacial score (nSPS) is 13.6. The first-order chi connectivity index (χ1) is 18.0. The Balaban J connectivity index is 1.52. The summed E-state index contributed by atoms with van der Waals surface area (Å²) in [6, 6.07) is 3.65. The summed E-state index contributed by atoms with van der Waals surface area (Å²) in [5.41, 5.74) is 2.31. The van der Waals surface area contributed by atoms with Crippen LogP contribution in [0.15, 0.2) is 30.7 Å². The Bertz CT molecular complexity index is 1400. The van der Waals surface area contributed by atoms with Crippen molar-refractivity contribution in [1.29, 1.82) is 0 Å². The van der Waals surface area contributed by atoms with Gasteiger partial charge in [0.05, 0.1) is 32.4 Å². The van der Waals surface area contributed by atoms with E-state index in [1.807, 2.05) is 29.6 Å². The number of hydrogen-bond donors (Lipinski definition) is 1. The van der Waals surface area contributed by atoms with Crippen molar-refractivity contribution in [1.82, 2.24) is 34.5 Å². The standard InChI is InChI=1S/C23H26N10O4/c1-31(23-26-11-15(12-27-23)22(34)37-24)13-16-28-18-20(32(16)2)29-19(14-4-5-17(35-3)25-10-14)30-21(18)33-6-8-36-9-7-33/h4-5,10-12H,6-9,13,24H2,1-3H3. The number of imidazole rings is 1.